The zero-order valence-electron chi connectivity index (χ0n) is 12.3. The molecule has 1 aromatic rings. The number of benzene rings is 1. The Hall–Kier alpha value is -1.26. The second-order valence-corrected chi connectivity index (χ2v) is 6.28. The smallest absolute Gasteiger partial charge is 0.161 e. The van der Waals surface area contributed by atoms with Crippen molar-refractivity contribution < 1.29 is 14.2 Å². The highest BCUT2D eigenvalue weighted by Gasteiger charge is 2.32. The van der Waals surface area contributed by atoms with Gasteiger partial charge in [-0.3, -0.25) is 0 Å². The van der Waals surface area contributed by atoms with Crippen LogP contribution in [-0.4, -0.2) is 32.4 Å². The monoisotopic (exact) mass is 289 g/mol. The van der Waals surface area contributed by atoms with Crippen molar-refractivity contribution in [3.05, 3.63) is 23.8 Å². The average molecular weight is 289 g/mol. The Labute approximate surface area is 125 Å². The zero-order valence-corrected chi connectivity index (χ0v) is 12.3. The molecule has 4 nitrogen and oxygen atoms in total. The minimum atomic E-state index is 0.118. The van der Waals surface area contributed by atoms with E-state index in [9.17, 15) is 0 Å². The van der Waals surface area contributed by atoms with Gasteiger partial charge in [-0.15, -0.1) is 0 Å². The lowest BCUT2D eigenvalue weighted by Crippen LogP contribution is -2.32. The summed E-state index contributed by atoms with van der Waals surface area (Å²) >= 11 is 0. The summed E-state index contributed by atoms with van der Waals surface area (Å²) in [6.45, 7) is 3.22. The van der Waals surface area contributed by atoms with Gasteiger partial charge in [0.15, 0.2) is 11.5 Å². The van der Waals surface area contributed by atoms with E-state index in [0.29, 0.717) is 12.0 Å². The van der Waals surface area contributed by atoms with Gasteiger partial charge in [-0.05, 0) is 36.5 Å². The average Bonchev–Trinajstić information content (AvgIpc) is 2.73. The van der Waals surface area contributed by atoms with Crippen molar-refractivity contribution >= 4 is 0 Å². The first kappa shape index (κ1) is 13.4. The largest absolute Gasteiger partial charge is 0.490 e. The molecule has 1 saturated heterocycles. The van der Waals surface area contributed by atoms with Crippen molar-refractivity contribution in [2.45, 2.75) is 37.8 Å². The first-order chi connectivity index (χ1) is 10.4. The molecule has 1 aromatic carbocycles. The molecule has 2 aliphatic heterocycles. The maximum Gasteiger partial charge on any atom is 0.161 e. The molecule has 2 fully saturated rings. The predicted octanol–water partition coefficient (Wildman–Crippen LogP) is 2.68. The molecule has 3 unspecified atom stereocenters. The van der Waals surface area contributed by atoms with E-state index in [1.54, 1.807) is 0 Å². The summed E-state index contributed by atoms with van der Waals surface area (Å²) < 4.78 is 17.6. The highest BCUT2D eigenvalue weighted by molar-refractivity contribution is 5.44. The zero-order chi connectivity index (χ0) is 14.1. The summed E-state index contributed by atoms with van der Waals surface area (Å²) in [5.41, 5.74) is 1.19. The summed E-state index contributed by atoms with van der Waals surface area (Å²) in [4.78, 5) is 0. The Kier molecular flexibility index (Phi) is 3.74. The first-order valence-corrected chi connectivity index (χ1v) is 8.15. The van der Waals surface area contributed by atoms with Gasteiger partial charge >= 0.3 is 0 Å². The minimum Gasteiger partial charge on any atom is -0.490 e. The van der Waals surface area contributed by atoms with E-state index >= 15 is 0 Å². The van der Waals surface area contributed by atoms with Crippen LogP contribution in [-0.2, 0) is 4.74 Å². The molecule has 1 saturated carbocycles. The van der Waals surface area contributed by atoms with Crippen molar-refractivity contribution in [1.82, 2.24) is 5.32 Å². The van der Waals surface area contributed by atoms with Crippen LogP contribution in [0, 0.1) is 5.92 Å². The third-order valence-electron chi connectivity index (χ3n) is 4.88. The fourth-order valence-electron chi connectivity index (χ4n) is 3.66. The minimum absolute atomic E-state index is 0.118. The van der Waals surface area contributed by atoms with Crippen LogP contribution < -0.4 is 14.8 Å². The molecule has 3 atom stereocenters. The van der Waals surface area contributed by atoms with Gasteiger partial charge in [0.2, 0.25) is 0 Å². The van der Waals surface area contributed by atoms with Crippen molar-refractivity contribution in [1.29, 1.82) is 0 Å². The molecule has 4 heteroatoms. The van der Waals surface area contributed by atoms with Gasteiger partial charge in [-0.2, -0.15) is 0 Å². The number of ether oxygens (including phenoxy) is 3. The topological polar surface area (TPSA) is 39.7 Å². The van der Waals surface area contributed by atoms with Gasteiger partial charge in [0.25, 0.3) is 0 Å². The maximum absolute atomic E-state index is 6.17. The molecule has 2 heterocycles. The SMILES string of the molecule is c1cc2c(cc1C1CNC3CCCC3CO1)OCCCO2. The van der Waals surface area contributed by atoms with Crippen molar-refractivity contribution in [3.63, 3.8) is 0 Å². The van der Waals surface area contributed by atoms with Crippen LogP contribution in [0.15, 0.2) is 18.2 Å². The quantitative estimate of drug-likeness (QED) is 0.863. The van der Waals surface area contributed by atoms with Gasteiger partial charge < -0.3 is 19.5 Å². The van der Waals surface area contributed by atoms with Gasteiger partial charge in [0.1, 0.15) is 0 Å². The number of fused-ring (bicyclic) bond motifs is 2. The molecular formula is C17H23NO3. The summed E-state index contributed by atoms with van der Waals surface area (Å²) in [5, 5.41) is 3.69. The molecule has 0 spiro atoms. The third-order valence-corrected chi connectivity index (χ3v) is 4.88. The van der Waals surface area contributed by atoms with E-state index in [-0.39, 0.29) is 6.10 Å². The normalized spacial score (nSPS) is 32.1. The molecule has 3 aliphatic rings. The number of hydrogen-bond acceptors (Lipinski definition) is 4. The number of nitrogens with one attached hydrogen (secondary N) is 1. The molecule has 114 valence electrons. The first-order valence-electron chi connectivity index (χ1n) is 8.15. The van der Waals surface area contributed by atoms with Crippen molar-refractivity contribution in [2.24, 2.45) is 5.92 Å². The summed E-state index contributed by atoms with van der Waals surface area (Å²) in [6.07, 6.45) is 4.98. The summed E-state index contributed by atoms with van der Waals surface area (Å²) in [5.74, 6) is 2.41. The van der Waals surface area contributed by atoms with E-state index in [1.807, 2.05) is 6.07 Å². The van der Waals surface area contributed by atoms with E-state index < -0.39 is 0 Å². The lowest BCUT2D eigenvalue weighted by molar-refractivity contribution is 0.0472. The Morgan fingerprint density at radius 3 is 2.86 bits per heavy atom. The number of hydrogen-bond donors (Lipinski definition) is 1. The molecule has 21 heavy (non-hydrogen) atoms. The summed E-state index contributed by atoms with van der Waals surface area (Å²) in [6, 6.07) is 6.87. The van der Waals surface area contributed by atoms with Crippen molar-refractivity contribution in [2.75, 3.05) is 26.4 Å². The van der Waals surface area contributed by atoms with E-state index in [4.69, 9.17) is 14.2 Å². The van der Waals surface area contributed by atoms with Crippen LogP contribution in [0.1, 0.15) is 37.4 Å². The lowest BCUT2D eigenvalue weighted by Gasteiger charge is -2.18. The molecule has 0 bridgehead atoms. The molecular weight excluding hydrogens is 266 g/mol. The van der Waals surface area contributed by atoms with Crippen LogP contribution in [0.4, 0.5) is 0 Å². The maximum atomic E-state index is 6.17. The molecule has 4 rings (SSSR count). The lowest BCUT2D eigenvalue weighted by atomic mass is 10.1. The molecule has 0 aromatic heterocycles. The standard InChI is InChI=1S/C17H23NO3/c1-3-13-11-21-17(10-18-14(13)4-1)12-5-6-15-16(9-12)20-8-2-7-19-15/h5-6,9,13-14,17-18H,1-4,7-8,10-11H2. The van der Waals surface area contributed by atoms with Crippen LogP contribution in [0.25, 0.3) is 0 Å². The van der Waals surface area contributed by atoms with E-state index in [2.05, 4.69) is 17.4 Å². The molecule has 1 N–H and O–H groups in total. The predicted molar refractivity (Wildman–Crippen MR) is 79.9 cm³/mol. The van der Waals surface area contributed by atoms with Gasteiger partial charge in [0, 0.05) is 19.0 Å². The molecule has 0 amide bonds. The highest BCUT2D eigenvalue weighted by atomic mass is 16.5. The number of rotatable bonds is 1. The Bertz CT molecular complexity index is 491. The summed E-state index contributed by atoms with van der Waals surface area (Å²) in [7, 11) is 0. The fourth-order valence-corrected chi connectivity index (χ4v) is 3.66. The second kappa shape index (κ2) is 5.85. The molecule has 0 radical (unpaired) electrons. The van der Waals surface area contributed by atoms with Crippen LogP contribution in [0.2, 0.25) is 0 Å². The second-order valence-electron chi connectivity index (χ2n) is 6.28. The van der Waals surface area contributed by atoms with Gasteiger partial charge in [0.05, 0.1) is 25.9 Å². The molecule has 1 aliphatic carbocycles. The van der Waals surface area contributed by atoms with Crippen LogP contribution in [0.5, 0.6) is 11.5 Å². The van der Waals surface area contributed by atoms with Crippen LogP contribution in [0.3, 0.4) is 0 Å². The van der Waals surface area contributed by atoms with Crippen molar-refractivity contribution in [3.8, 4) is 11.5 Å². The third kappa shape index (κ3) is 2.74. The highest BCUT2D eigenvalue weighted by Crippen LogP contribution is 2.35. The Morgan fingerprint density at radius 1 is 1.00 bits per heavy atom. The van der Waals surface area contributed by atoms with Gasteiger partial charge in [-0.1, -0.05) is 12.5 Å². The Morgan fingerprint density at radius 2 is 1.90 bits per heavy atom. The van der Waals surface area contributed by atoms with Gasteiger partial charge in [-0.25, -0.2) is 0 Å². The van der Waals surface area contributed by atoms with E-state index in [0.717, 1.165) is 44.3 Å². The Balaban J connectivity index is 1.52. The fraction of sp³-hybridized carbons (Fsp3) is 0.647. The van der Waals surface area contributed by atoms with Crippen LogP contribution >= 0.6 is 0 Å². The van der Waals surface area contributed by atoms with E-state index in [1.165, 1.54) is 24.8 Å².